The molecule has 0 unspecified atom stereocenters. The molecule has 2 aliphatic rings. The van der Waals surface area contributed by atoms with Crippen LogP contribution in [-0.4, -0.2) is 52.8 Å². The van der Waals surface area contributed by atoms with Gasteiger partial charge in [-0.05, 0) is 62.6 Å². The normalized spacial score (nSPS) is 16.6. The first-order valence-electron chi connectivity index (χ1n) is 12.0. The molecule has 0 bridgehead atoms. The van der Waals surface area contributed by atoms with Crippen molar-refractivity contribution in [2.75, 3.05) is 25.1 Å². The predicted octanol–water partition coefficient (Wildman–Crippen LogP) is 3.14. The topological polar surface area (TPSA) is 113 Å². The van der Waals surface area contributed by atoms with E-state index in [1.165, 1.54) is 5.56 Å². The largest absolute Gasteiger partial charge is 0.480 e. The summed E-state index contributed by atoms with van der Waals surface area (Å²) >= 11 is 0. The molecule has 1 fully saturated rings. The highest BCUT2D eigenvalue weighted by atomic mass is 19.1. The van der Waals surface area contributed by atoms with Crippen LogP contribution in [0.1, 0.15) is 55.3 Å². The second-order valence-corrected chi connectivity index (χ2v) is 9.14. The zero-order chi connectivity index (χ0) is 24.8. The number of carbonyl (C=O) groups is 2. The molecule has 0 aromatic carbocycles. The zero-order valence-corrected chi connectivity index (χ0v) is 19.5. The van der Waals surface area contributed by atoms with Crippen molar-refractivity contribution in [3.05, 3.63) is 53.0 Å². The quantitative estimate of drug-likeness (QED) is 0.311. The summed E-state index contributed by atoms with van der Waals surface area (Å²) in [6.07, 6.45) is 6.12. The van der Waals surface area contributed by atoms with Crippen molar-refractivity contribution in [3.63, 3.8) is 0 Å². The summed E-state index contributed by atoms with van der Waals surface area (Å²) in [5.74, 6) is -2.53. The molecule has 1 atom stereocenters. The Morgan fingerprint density at radius 2 is 2.06 bits per heavy atom. The molecule has 1 aliphatic carbocycles. The fourth-order valence-electron chi connectivity index (χ4n) is 4.38. The first kappa shape index (κ1) is 25.0. The molecule has 4 rings (SSSR count). The number of unbranched alkanes of at least 4 members (excludes halogenated alkanes) is 1. The first-order valence-corrected chi connectivity index (χ1v) is 12.0. The number of amides is 1. The Kier molecular flexibility index (Phi) is 7.90. The molecule has 8 nitrogen and oxygen atoms in total. The van der Waals surface area contributed by atoms with Gasteiger partial charge in [0.15, 0.2) is 0 Å². The van der Waals surface area contributed by atoms with Gasteiger partial charge in [0.05, 0.1) is 11.6 Å². The second kappa shape index (κ2) is 11.1. The van der Waals surface area contributed by atoms with E-state index in [1.807, 2.05) is 0 Å². The van der Waals surface area contributed by atoms with Crippen LogP contribution in [0.2, 0.25) is 0 Å². The van der Waals surface area contributed by atoms with Crippen LogP contribution in [0.15, 0.2) is 24.4 Å². The Bertz CT molecular complexity index is 1080. The minimum atomic E-state index is -1.27. The number of ether oxygens (including phenoxy) is 1. The van der Waals surface area contributed by atoms with Crippen LogP contribution in [0.5, 0.6) is 0 Å². The fraction of sp³-hybridized carbons (Fsp3) is 0.520. The number of aliphatic carboxylic acids is 1. The van der Waals surface area contributed by atoms with Crippen molar-refractivity contribution in [2.24, 2.45) is 0 Å². The van der Waals surface area contributed by atoms with E-state index in [1.54, 1.807) is 0 Å². The summed E-state index contributed by atoms with van der Waals surface area (Å²) in [4.78, 5) is 32.4. The number of halogens is 2. The summed E-state index contributed by atoms with van der Waals surface area (Å²) in [6.45, 7) is 1.57. The van der Waals surface area contributed by atoms with Gasteiger partial charge in [0.25, 0.3) is 0 Å². The highest BCUT2D eigenvalue weighted by Gasteiger charge is 2.54. The molecule has 1 saturated carbocycles. The van der Waals surface area contributed by atoms with Crippen molar-refractivity contribution in [1.29, 1.82) is 0 Å². The summed E-state index contributed by atoms with van der Waals surface area (Å²) in [5, 5.41) is 15.3. The number of aryl methyl sites for hydroxylation is 2. The van der Waals surface area contributed by atoms with Crippen LogP contribution < -0.4 is 10.6 Å². The lowest BCUT2D eigenvalue weighted by atomic mass is 9.95. The number of pyridine rings is 2. The third-order valence-electron chi connectivity index (χ3n) is 6.58. The van der Waals surface area contributed by atoms with Gasteiger partial charge >= 0.3 is 5.97 Å². The van der Waals surface area contributed by atoms with E-state index in [4.69, 9.17) is 4.74 Å². The van der Waals surface area contributed by atoms with Gasteiger partial charge in [0, 0.05) is 37.4 Å². The molecule has 10 heteroatoms. The molecule has 0 saturated heterocycles. The lowest BCUT2D eigenvalue weighted by Crippen LogP contribution is -2.46. The highest BCUT2D eigenvalue weighted by molar-refractivity contribution is 5.94. The number of aromatic nitrogens is 2. The number of fused-ring (bicyclic) bond motifs is 1. The maximum atomic E-state index is 14.1. The molecule has 2 aromatic heterocycles. The molecular weight excluding hydrogens is 458 g/mol. The smallest absolute Gasteiger partial charge is 0.326 e. The minimum Gasteiger partial charge on any atom is -0.480 e. The number of hydrogen-bond donors (Lipinski definition) is 3. The van der Waals surface area contributed by atoms with Crippen LogP contribution >= 0.6 is 0 Å². The Hall–Kier alpha value is -3.14. The maximum Gasteiger partial charge on any atom is 0.326 e. The van der Waals surface area contributed by atoms with Crippen LogP contribution in [0.4, 0.5) is 14.6 Å². The van der Waals surface area contributed by atoms with Crippen LogP contribution in [0.3, 0.4) is 0 Å². The second-order valence-electron chi connectivity index (χ2n) is 9.14. The number of hydrogen-bond acceptors (Lipinski definition) is 6. The molecular formula is C25H30F2N4O4. The number of carbonyl (C=O) groups excluding carboxylic acids is 1. The third kappa shape index (κ3) is 6.11. The Labute approximate surface area is 202 Å². The third-order valence-corrected chi connectivity index (χ3v) is 6.58. The molecule has 0 spiro atoms. The summed E-state index contributed by atoms with van der Waals surface area (Å²) in [6, 6.07) is 3.96. The van der Waals surface area contributed by atoms with E-state index in [0.717, 1.165) is 62.4 Å². The number of carboxylic acid groups (broad SMARTS) is 1. The minimum absolute atomic E-state index is 0.0685. The van der Waals surface area contributed by atoms with Gasteiger partial charge in [-0.25, -0.2) is 19.2 Å². The number of anilines is 1. The first-order chi connectivity index (χ1) is 16.9. The van der Waals surface area contributed by atoms with Gasteiger partial charge in [-0.15, -0.1) is 0 Å². The average molecular weight is 489 g/mol. The van der Waals surface area contributed by atoms with Gasteiger partial charge in [0.1, 0.15) is 17.7 Å². The number of nitrogens with one attached hydrogen (secondary N) is 2. The molecule has 3 heterocycles. The molecule has 1 amide bonds. The monoisotopic (exact) mass is 488 g/mol. The molecule has 3 N–H and O–H groups in total. The van der Waals surface area contributed by atoms with E-state index in [-0.39, 0.29) is 18.6 Å². The standard InChI is InChI=1S/C25H30F2N4O4/c26-17-14-19(21(27)29-15-17)25(9-10-25)24(34)31-20(23(32)33)8-13-35-12-2-1-5-18-7-6-16-4-3-11-28-22(16)30-18/h6-7,14-15,20H,1-5,8-13H2,(H,28,30)(H,31,34)(H,32,33)/t20-/m0/s1. The van der Waals surface area contributed by atoms with Gasteiger partial charge in [-0.3, -0.25) is 4.79 Å². The van der Waals surface area contributed by atoms with Gasteiger partial charge in [-0.2, -0.15) is 4.39 Å². The molecule has 188 valence electrons. The summed E-state index contributed by atoms with van der Waals surface area (Å²) < 4.78 is 33.2. The van der Waals surface area contributed by atoms with Crippen LogP contribution in [0, 0.1) is 11.8 Å². The fourth-order valence-corrected chi connectivity index (χ4v) is 4.38. The molecule has 2 aromatic rings. The van der Waals surface area contributed by atoms with E-state index in [0.29, 0.717) is 19.4 Å². The predicted molar refractivity (Wildman–Crippen MR) is 124 cm³/mol. The highest BCUT2D eigenvalue weighted by Crippen LogP contribution is 2.49. The Morgan fingerprint density at radius 1 is 1.23 bits per heavy atom. The molecule has 35 heavy (non-hydrogen) atoms. The zero-order valence-electron chi connectivity index (χ0n) is 19.5. The van der Waals surface area contributed by atoms with E-state index < -0.39 is 35.1 Å². The molecule has 0 radical (unpaired) electrons. The molecule has 1 aliphatic heterocycles. The Morgan fingerprint density at radius 3 is 2.83 bits per heavy atom. The average Bonchev–Trinajstić information content (AvgIpc) is 3.66. The van der Waals surface area contributed by atoms with Crippen molar-refractivity contribution in [2.45, 2.75) is 62.8 Å². The maximum absolute atomic E-state index is 14.1. The lowest BCUT2D eigenvalue weighted by molar-refractivity contribution is -0.142. The van der Waals surface area contributed by atoms with Crippen LogP contribution in [0.25, 0.3) is 0 Å². The van der Waals surface area contributed by atoms with E-state index in [9.17, 15) is 23.5 Å². The van der Waals surface area contributed by atoms with Gasteiger partial charge in [0.2, 0.25) is 11.9 Å². The van der Waals surface area contributed by atoms with E-state index in [2.05, 4.69) is 32.7 Å². The van der Waals surface area contributed by atoms with Gasteiger partial charge in [-0.1, -0.05) is 6.07 Å². The van der Waals surface area contributed by atoms with Crippen molar-refractivity contribution in [3.8, 4) is 0 Å². The number of nitrogens with zero attached hydrogens (tertiary/aromatic N) is 2. The lowest BCUT2D eigenvalue weighted by Gasteiger charge is -2.20. The SMILES string of the molecule is O=C(O)[C@H](CCOCCCCc1ccc2c(n1)NCCC2)NC(=O)C1(c2cc(F)cnc2F)CC1. The van der Waals surface area contributed by atoms with Crippen molar-refractivity contribution < 1.29 is 28.2 Å². The number of rotatable bonds is 12. The van der Waals surface area contributed by atoms with Crippen LogP contribution in [-0.2, 0) is 32.6 Å². The van der Waals surface area contributed by atoms with Crippen molar-refractivity contribution >= 4 is 17.7 Å². The van der Waals surface area contributed by atoms with Gasteiger partial charge < -0.3 is 20.5 Å². The van der Waals surface area contributed by atoms with E-state index >= 15 is 0 Å². The summed E-state index contributed by atoms with van der Waals surface area (Å²) in [5.41, 5.74) is 0.882. The van der Waals surface area contributed by atoms with Crippen molar-refractivity contribution in [1.82, 2.24) is 15.3 Å². The summed E-state index contributed by atoms with van der Waals surface area (Å²) in [7, 11) is 0. The Balaban J connectivity index is 1.18. The number of carboxylic acids is 1.